The highest BCUT2D eigenvalue weighted by Gasteiger charge is 2.16. The van der Waals surface area contributed by atoms with Crippen LogP contribution in [0.1, 0.15) is 47.1 Å². The van der Waals surface area contributed by atoms with Crippen molar-refractivity contribution in [1.82, 2.24) is 10.6 Å². The first kappa shape index (κ1) is 19.9. The maximum Gasteiger partial charge on any atom is 0.255 e. The first-order chi connectivity index (χ1) is 12.2. The summed E-state index contributed by atoms with van der Waals surface area (Å²) in [5, 5.41) is 5.30. The summed E-state index contributed by atoms with van der Waals surface area (Å²) in [4.78, 5) is 24.1. The van der Waals surface area contributed by atoms with Gasteiger partial charge >= 0.3 is 0 Å². The number of nitrogens with one attached hydrogen (secondary N) is 2. The number of carbonyl (C=O) groups is 2. The standard InChI is InChI=1S/C20H22ClFN2O2/c1-20(2,3)14-9-7-13(8-10-14)18(25)23-11-12-24-19(26)17-15(21)5-4-6-16(17)22/h4-10H,11-12H2,1-3H3,(H,23,25)(H,24,26). The Bertz CT molecular complexity index is 778. The molecular weight excluding hydrogens is 355 g/mol. The van der Waals surface area contributed by atoms with Gasteiger partial charge in [0.1, 0.15) is 5.82 Å². The van der Waals surface area contributed by atoms with E-state index >= 15 is 0 Å². The van der Waals surface area contributed by atoms with Crippen molar-refractivity contribution in [2.24, 2.45) is 0 Å². The Morgan fingerprint density at radius 1 is 0.962 bits per heavy atom. The molecule has 6 heteroatoms. The summed E-state index contributed by atoms with van der Waals surface area (Å²) in [6.45, 7) is 6.69. The summed E-state index contributed by atoms with van der Waals surface area (Å²) in [7, 11) is 0. The summed E-state index contributed by atoms with van der Waals surface area (Å²) in [6, 6.07) is 11.4. The number of amides is 2. The molecule has 0 spiro atoms. The number of hydrogen-bond acceptors (Lipinski definition) is 2. The van der Waals surface area contributed by atoms with Crippen LogP contribution >= 0.6 is 11.6 Å². The van der Waals surface area contributed by atoms with Crippen molar-refractivity contribution in [3.05, 3.63) is 70.0 Å². The van der Waals surface area contributed by atoms with Gasteiger partial charge in [-0.15, -0.1) is 0 Å². The van der Waals surface area contributed by atoms with E-state index in [0.717, 1.165) is 5.56 Å². The van der Waals surface area contributed by atoms with E-state index < -0.39 is 11.7 Å². The molecule has 2 aromatic rings. The van der Waals surface area contributed by atoms with E-state index in [1.54, 1.807) is 12.1 Å². The van der Waals surface area contributed by atoms with Crippen LogP contribution in [0.5, 0.6) is 0 Å². The second-order valence-corrected chi connectivity index (χ2v) is 7.34. The van der Waals surface area contributed by atoms with Crippen LogP contribution in [-0.4, -0.2) is 24.9 Å². The Labute approximate surface area is 157 Å². The molecule has 0 aromatic heterocycles. The lowest BCUT2D eigenvalue weighted by Crippen LogP contribution is -2.35. The fourth-order valence-corrected chi connectivity index (χ4v) is 2.63. The first-order valence-electron chi connectivity index (χ1n) is 8.31. The van der Waals surface area contributed by atoms with Crippen LogP contribution in [0.2, 0.25) is 5.02 Å². The van der Waals surface area contributed by atoms with E-state index in [1.807, 2.05) is 12.1 Å². The summed E-state index contributed by atoms with van der Waals surface area (Å²) >= 11 is 5.84. The van der Waals surface area contributed by atoms with E-state index in [-0.39, 0.29) is 35.0 Å². The Morgan fingerprint density at radius 3 is 2.08 bits per heavy atom. The lowest BCUT2D eigenvalue weighted by molar-refractivity contribution is 0.0925. The maximum absolute atomic E-state index is 13.7. The number of benzene rings is 2. The molecule has 0 bridgehead atoms. The zero-order valence-corrected chi connectivity index (χ0v) is 15.8. The summed E-state index contributed by atoms with van der Waals surface area (Å²) in [6.07, 6.45) is 0. The quantitative estimate of drug-likeness (QED) is 0.776. The number of carbonyl (C=O) groups excluding carboxylic acids is 2. The molecule has 2 aromatic carbocycles. The van der Waals surface area contributed by atoms with Crippen LogP contribution in [0.4, 0.5) is 4.39 Å². The number of hydrogen-bond donors (Lipinski definition) is 2. The van der Waals surface area contributed by atoms with Crippen LogP contribution in [0, 0.1) is 5.82 Å². The van der Waals surface area contributed by atoms with Crippen molar-refractivity contribution in [3.63, 3.8) is 0 Å². The molecule has 0 saturated heterocycles. The molecule has 0 unspecified atom stereocenters. The van der Waals surface area contributed by atoms with Gasteiger partial charge in [-0.25, -0.2) is 4.39 Å². The molecule has 0 heterocycles. The van der Waals surface area contributed by atoms with Crippen molar-refractivity contribution in [1.29, 1.82) is 0 Å². The lowest BCUT2D eigenvalue weighted by atomic mass is 9.87. The highest BCUT2D eigenvalue weighted by molar-refractivity contribution is 6.33. The zero-order chi connectivity index (χ0) is 19.3. The summed E-state index contributed by atoms with van der Waals surface area (Å²) in [5.74, 6) is -1.53. The van der Waals surface area contributed by atoms with Gasteiger partial charge in [-0.05, 0) is 35.2 Å². The molecule has 0 aliphatic carbocycles. The number of halogens is 2. The summed E-state index contributed by atoms with van der Waals surface area (Å²) in [5.41, 5.74) is 1.51. The molecule has 0 radical (unpaired) electrons. The van der Waals surface area contributed by atoms with E-state index in [2.05, 4.69) is 31.4 Å². The molecule has 0 atom stereocenters. The molecule has 4 nitrogen and oxygen atoms in total. The Hall–Kier alpha value is -2.40. The smallest absolute Gasteiger partial charge is 0.255 e. The van der Waals surface area contributed by atoms with Crippen molar-refractivity contribution in [3.8, 4) is 0 Å². The van der Waals surface area contributed by atoms with Crippen LogP contribution in [0.15, 0.2) is 42.5 Å². The maximum atomic E-state index is 13.7. The number of rotatable bonds is 5. The Kier molecular flexibility index (Phi) is 6.37. The fraction of sp³-hybridized carbons (Fsp3) is 0.300. The molecule has 0 aliphatic rings. The molecule has 0 aliphatic heterocycles. The van der Waals surface area contributed by atoms with Crippen LogP contribution in [-0.2, 0) is 5.41 Å². The third-order valence-corrected chi connectivity index (χ3v) is 4.21. The van der Waals surface area contributed by atoms with Gasteiger partial charge in [0.15, 0.2) is 0 Å². The predicted molar refractivity (Wildman–Crippen MR) is 101 cm³/mol. The van der Waals surface area contributed by atoms with Crippen molar-refractivity contribution in [2.45, 2.75) is 26.2 Å². The molecule has 0 fully saturated rings. The van der Waals surface area contributed by atoms with Gasteiger partial charge < -0.3 is 10.6 Å². The second kappa shape index (κ2) is 8.32. The largest absolute Gasteiger partial charge is 0.350 e. The minimum atomic E-state index is -0.682. The van der Waals surface area contributed by atoms with Gasteiger partial charge in [0.2, 0.25) is 0 Å². The highest BCUT2D eigenvalue weighted by Crippen LogP contribution is 2.22. The molecule has 0 saturated carbocycles. The first-order valence-corrected chi connectivity index (χ1v) is 8.69. The normalized spacial score (nSPS) is 11.1. The van der Waals surface area contributed by atoms with Gasteiger partial charge in [-0.1, -0.05) is 50.6 Å². The lowest BCUT2D eigenvalue weighted by Gasteiger charge is -2.19. The molecule has 2 amide bonds. The fourth-order valence-electron chi connectivity index (χ4n) is 2.38. The Morgan fingerprint density at radius 2 is 1.54 bits per heavy atom. The molecule has 138 valence electrons. The minimum Gasteiger partial charge on any atom is -0.350 e. The molecule has 26 heavy (non-hydrogen) atoms. The predicted octanol–water partition coefficient (Wildman–Crippen LogP) is 3.94. The SMILES string of the molecule is CC(C)(C)c1ccc(C(=O)NCCNC(=O)c2c(F)cccc2Cl)cc1. The highest BCUT2D eigenvalue weighted by atomic mass is 35.5. The topological polar surface area (TPSA) is 58.2 Å². The molecule has 2 rings (SSSR count). The van der Waals surface area contributed by atoms with E-state index in [4.69, 9.17) is 11.6 Å². The summed E-state index contributed by atoms with van der Waals surface area (Å²) < 4.78 is 13.7. The van der Waals surface area contributed by atoms with Gasteiger partial charge in [0.25, 0.3) is 11.8 Å². The van der Waals surface area contributed by atoms with Crippen molar-refractivity contribution >= 4 is 23.4 Å². The average Bonchev–Trinajstić information content (AvgIpc) is 2.57. The van der Waals surface area contributed by atoms with Gasteiger partial charge in [-0.2, -0.15) is 0 Å². The van der Waals surface area contributed by atoms with Gasteiger partial charge in [-0.3, -0.25) is 9.59 Å². The van der Waals surface area contributed by atoms with E-state index in [1.165, 1.54) is 18.2 Å². The minimum absolute atomic E-state index is 0.0211. The average molecular weight is 377 g/mol. The van der Waals surface area contributed by atoms with Crippen LogP contribution < -0.4 is 10.6 Å². The second-order valence-electron chi connectivity index (χ2n) is 6.94. The van der Waals surface area contributed by atoms with E-state index in [0.29, 0.717) is 5.56 Å². The third kappa shape index (κ3) is 5.05. The molecule has 2 N–H and O–H groups in total. The van der Waals surface area contributed by atoms with Crippen molar-refractivity contribution < 1.29 is 14.0 Å². The van der Waals surface area contributed by atoms with E-state index in [9.17, 15) is 14.0 Å². The van der Waals surface area contributed by atoms with Gasteiger partial charge in [0.05, 0.1) is 10.6 Å². The monoisotopic (exact) mass is 376 g/mol. The van der Waals surface area contributed by atoms with Crippen molar-refractivity contribution in [2.75, 3.05) is 13.1 Å². The Balaban J connectivity index is 1.84. The van der Waals surface area contributed by atoms with Crippen LogP contribution in [0.25, 0.3) is 0 Å². The van der Waals surface area contributed by atoms with Crippen LogP contribution in [0.3, 0.4) is 0 Å². The molecular formula is C20H22ClFN2O2. The zero-order valence-electron chi connectivity index (χ0n) is 15.0. The van der Waals surface area contributed by atoms with Gasteiger partial charge in [0, 0.05) is 18.7 Å². The third-order valence-electron chi connectivity index (χ3n) is 3.90.